The highest BCUT2D eigenvalue weighted by molar-refractivity contribution is 6.10. The summed E-state index contributed by atoms with van der Waals surface area (Å²) in [5, 5.41) is 9.41. The molecule has 1 aromatic heterocycles. The minimum absolute atomic E-state index is 0.198. The Morgan fingerprint density at radius 1 is 1.17 bits per heavy atom. The fourth-order valence-corrected chi connectivity index (χ4v) is 1.64. The Bertz CT molecular complexity index is 570. The van der Waals surface area contributed by atoms with Gasteiger partial charge in [-0.3, -0.25) is 9.78 Å². The molecule has 92 valence electrons. The van der Waals surface area contributed by atoms with Gasteiger partial charge in [0.2, 0.25) is 0 Å². The Morgan fingerprint density at radius 2 is 1.83 bits per heavy atom. The smallest absolute Gasteiger partial charge is 0.268 e. The first kappa shape index (κ1) is 12.2. The standard InChI is InChI=1S/C13H9F2NO2/c14-13(15)11-9(2-1-3-10(11)17)12(18)8-4-6-16-7-5-8/h1-7,13,17H. The van der Waals surface area contributed by atoms with Crippen molar-refractivity contribution in [2.45, 2.75) is 6.43 Å². The van der Waals surface area contributed by atoms with Crippen LogP contribution in [0.25, 0.3) is 0 Å². The Hall–Kier alpha value is -2.30. The van der Waals surface area contributed by atoms with Gasteiger partial charge in [0.1, 0.15) is 5.75 Å². The van der Waals surface area contributed by atoms with Crippen LogP contribution in [-0.2, 0) is 0 Å². The number of phenols is 1. The van der Waals surface area contributed by atoms with Crippen molar-refractivity contribution in [2.24, 2.45) is 0 Å². The van der Waals surface area contributed by atoms with Crippen LogP contribution in [0.5, 0.6) is 5.75 Å². The molecule has 0 bridgehead atoms. The van der Waals surface area contributed by atoms with Gasteiger partial charge < -0.3 is 5.11 Å². The zero-order valence-corrected chi connectivity index (χ0v) is 9.18. The molecule has 1 heterocycles. The molecule has 0 aliphatic heterocycles. The molecular weight excluding hydrogens is 240 g/mol. The van der Waals surface area contributed by atoms with Crippen molar-refractivity contribution in [3.8, 4) is 5.75 Å². The van der Waals surface area contributed by atoms with Gasteiger partial charge in [-0.1, -0.05) is 12.1 Å². The molecule has 0 spiro atoms. The molecule has 5 heteroatoms. The quantitative estimate of drug-likeness (QED) is 0.851. The van der Waals surface area contributed by atoms with Gasteiger partial charge in [-0.2, -0.15) is 0 Å². The van der Waals surface area contributed by atoms with Crippen LogP contribution in [0.3, 0.4) is 0 Å². The van der Waals surface area contributed by atoms with E-state index in [1.165, 1.54) is 36.7 Å². The van der Waals surface area contributed by atoms with E-state index < -0.39 is 23.5 Å². The summed E-state index contributed by atoms with van der Waals surface area (Å²) in [5.41, 5.74) is -0.590. The molecule has 0 aliphatic carbocycles. The fraction of sp³-hybridized carbons (Fsp3) is 0.0769. The van der Waals surface area contributed by atoms with Crippen molar-refractivity contribution in [3.63, 3.8) is 0 Å². The molecule has 0 radical (unpaired) electrons. The molecule has 0 atom stereocenters. The number of phenolic OH excluding ortho intramolecular Hbond substituents is 1. The summed E-state index contributed by atoms with van der Waals surface area (Å²) in [6.07, 6.45) is -0.108. The first-order chi connectivity index (χ1) is 8.61. The Labute approximate surface area is 102 Å². The number of rotatable bonds is 3. The van der Waals surface area contributed by atoms with Crippen molar-refractivity contribution < 1.29 is 18.7 Å². The first-order valence-corrected chi connectivity index (χ1v) is 5.16. The molecule has 0 saturated heterocycles. The van der Waals surface area contributed by atoms with Gasteiger partial charge in [-0.25, -0.2) is 8.78 Å². The second-order valence-corrected chi connectivity index (χ2v) is 3.60. The van der Waals surface area contributed by atoms with Crippen molar-refractivity contribution in [1.29, 1.82) is 0 Å². The second-order valence-electron chi connectivity index (χ2n) is 3.60. The zero-order chi connectivity index (χ0) is 13.1. The molecule has 3 nitrogen and oxygen atoms in total. The number of aromatic nitrogens is 1. The van der Waals surface area contributed by atoms with Gasteiger partial charge in [0.05, 0.1) is 5.56 Å². The Balaban J connectivity index is 2.52. The largest absolute Gasteiger partial charge is 0.507 e. The van der Waals surface area contributed by atoms with Gasteiger partial charge in [-0.05, 0) is 18.2 Å². The Kier molecular flexibility index (Phi) is 3.32. The lowest BCUT2D eigenvalue weighted by atomic mass is 9.98. The highest BCUT2D eigenvalue weighted by atomic mass is 19.3. The third-order valence-electron chi connectivity index (χ3n) is 2.49. The van der Waals surface area contributed by atoms with Crippen LogP contribution < -0.4 is 0 Å². The fourth-order valence-electron chi connectivity index (χ4n) is 1.64. The van der Waals surface area contributed by atoms with E-state index in [2.05, 4.69) is 4.98 Å². The third kappa shape index (κ3) is 2.20. The van der Waals surface area contributed by atoms with Crippen LogP contribution >= 0.6 is 0 Å². The molecule has 2 rings (SSSR count). The summed E-state index contributed by atoms with van der Waals surface area (Å²) in [6, 6.07) is 6.62. The molecule has 0 aliphatic rings. The van der Waals surface area contributed by atoms with Crippen LogP contribution in [0.15, 0.2) is 42.7 Å². The number of aromatic hydroxyl groups is 1. The van der Waals surface area contributed by atoms with Crippen LogP contribution in [0.4, 0.5) is 8.78 Å². The number of nitrogens with zero attached hydrogens (tertiary/aromatic N) is 1. The predicted molar refractivity (Wildman–Crippen MR) is 60.7 cm³/mol. The third-order valence-corrected chi connectivity index (χ3v) is 2.49. The van der Waals surface area contributed by atoms with Crippen molar-refractivity contribution in [1.82, 2.24) is 4.98 Å². The number of pyridine rings is 1. The van der Waals surface area contributed by atoms with E-state index in [1.54, 1.807) is 0 Å². The maximum absolute atomic E-state index is 12.8. The zero-order valence-electron chi connectivity index (χ0n) is 9.18. The number of benzene rings is 1. The molecule has 18 heavy (non-hydrogen) atoms. The summed E-state index contributed by atoms with van der Waals surface area (Å²) in [6.45, 7) is 0. The summed E-state index contributed by atoms with van der Waals surface area (Å²) in [5.74, 6) is -1.14. The molecule has 0 unspecified atom stereocenters. The summed E-state index contributed by atoms with van der Waals surface area (Å²) in [4.78, 5) is 15.8. The van der Waals surface area contributed by atoms with Gasteiger partial charge in [0.15, 0.2) is 5.78 Å². The highest BCUT2D eigenvalue weighted by Gasteiger charge is 2.22. The minimum atomic E-state index is -2.91. The van der Waals surface area contributed by atoms with Crippen LogP contribution in [0.1, 0.15) is 27.9 Å². The molecule has 2 aromatic rings. The second kappa shape index (κ2) is 4.91. The van der Waals surface area contributed by atoms with E-state index in [0.29, 0.717) is 0 Å². The van der Waals surface area contributed by atoms with E-state index in [-0.39, 0.29) is 11.1 Å². The van der Waals surface area contributed by atoms with Crippen LogP contribution in [-0.4, -0.2) is 15.9 Å². The van der Waals surface area contributed by atoms with Gasteiger partial charge in [-0.15, -0.1) is 0 Å². The lowest BCUT2D eigenvalue weighted by Gasteiger charge is -2.09. The van der Waals surface area contributed by atoms with Crippen molar-refractivity contribution >= 4 is 5.78 Å². The topological polar surface area (TPSA) is 50.2 Å². The maximum atomic E-state index is 12.8. The van der Waals surface area contributed by atoms with E-state index in [9.17, 15) is 18.7 Å². The van der Waals surface area contributed by atoms with Gasteiger partial charge in [0.25, 0.3) is 6.43 Å². The number of carbonyl (C=O) groups is 1. The normalized spacial score (nSPS) is 10.6. The number of alkyl halides is 2. The molecule has 0 fully saturated rings. The number of ketones is 1. The van der Waals surface area contributed by atoms with E-state index in [4.69, 9.17) is 0 Å². The SMILES string of the molecule is O=C(c1ccncc1)c1cccc(O)c1C(F)F. The van der Waals surface area contributed by atoms with Gasteiger partial charge in [0, 0.05) is 23.5 Å². The lowest BCUT2D eigenvalue weighted by molar-refractivity contribution is 0.102. The number of hydrogen-bond donors (Lipinski definition) is 1. The molecule has 1 aromatic carbocycles. The van der Waals surface area contributed by atoms with Crippen LogP contribution in [0, 0.1) is 0 Å². The van der Waals surface area contributed by atoms with E-state index in [0.717, 1.165) is 6.07 Å². The monoisotopic (exact) mass is 249 g/mol. The lowest BCUT2D eigenvalue weighted by Crippen LogP contribution is -2.06. The van der Waals surface area contributed by atoms with Gasteiger partial charge >= 0.3 is 0 Å². The summed E-state index contributed by atoms with van der Waals surface area (Å²) in [7, 11) is 0. The molecular formula is C13H9F2NO2. The van der Waals surface area contributed by atoms with Crippen molar-refractivity contribution in [3.05, 3.63) is 59.4 Å². The summed E-state index contributed by atoms with van der Waals surface area (Å²) < 4.78 is 25.7. The number of halogens is 2. The average Bonchev–Trinajstić information content (AvgIpc) is 2.38. The van der Waals surface area contributed by atoms with E-state index >= 15 is 0 Å². The highest BCUT2D eigenvalue weighted by Crippen LogP contribution is 2.32. The number of carbonyl (C=O) groups excluding carboxylic acids is 1. The van der Waals surface area contributed by atoms with E-state index in [1.807, 2.05) is 0 Å². The minimum Gasteiger partial charge on any atom is -0.507 e. The maximum Gasteiger partial charge on any atom is 0.268 e. The molecule has 1 N–H and O–H groups in total. The van der Waals surface area contributed by atoms with Crippen LogP contribution in [0.2, 0.25) is 0 Å². The first-order valence-electron chi connectivity index (χ1n) is 5.16. The molecule has 0 saturated carbocycles. The summed E-state index contributed by atoms with van der Waals surface area (Å²) >= 11 is 0. The molecule has 0 amide bonds. The predicted octanol–water partition coefficient (Wildman–Crippen LogP) is 2.96. The Morgan fingerprint density at radius 3 is 2.44 bits per heavy atom. The average molecular weight is 249 g/mol. The number of hydrogen-bond acceptors (Lipinski definition) is 3. The van der Waals surface area contributed by atoms with Crippen molar-refractivity contribution in [2.75, 3.05) is 0 Å².